The molecule has 0 spiro atoms. The SMILES string of the molecule is C[C@@H]1CCN(c2ncnc3[nH]ccc23)C[C@@H]1Nc1ncnc2[nH]ccc12. The maximum atomic E-state index is 4.55. The molecule has 132 valence electrons. The van der Waals surface area contributed by atoms with E-state index < -0.39 is 0 Å². The van der Waals surface area contributed by atoms with Crippen molar-refractivity contribution in [2.75, 3.05) is 23.3 Å². The Balaban J connectivity index is 1.44. The molecular formula is C18H20N8. The Hall–Kier alpha value is -3.16. The zero-order chi connectivity index (χ0) is 17.5. The Labute approximate surface area is 150 Å². The highest BCUT2D eigenvalue weighted by Gasteiger charge is 2.28. The maximum Gasteiger partial charge on any atom is 0.142 e. The monoisotopic (exact) mass is 348 g/mol. The molecular weight excluding hydrogens is 328 g/mol. The highest BCUT2D eigenvalue weighted by molar-refractivity contribution is 5.88. The minimum Gasteiger partial charge on any atom is -0.365 e. The molecule has 1 aliphatic rings. The number of anilines is 2. The molecule has 5 rings (SSSR count). The van der Waals surface area contributed by atoms with Gasteiger partial charge in [-0.3, -0.25) is 0 Å². The van der Waals surface area contributed by atoms with Gasteiger partial charge in [-0.25, -0.2) is 19.9 Å². The molecule has 5 heterocycles. The normalized spacial score (nSPS) is 20.7. The van der Waals surface area contributed by atoms with Crippen molar-refractivity contribution in [2.45, 2.75) is 19.4 Å². The van der Waals surface area contributed by atoms with E-state index in [0.717, 1.165) is 53.2 Å². The van der Waals surface area contributed by atoms with Crippen LogP contribution in [0.3, 0.4) is 0 Å². The second-order valence-corrected chi connectivity index (χ2v) is 6.86. The molecule has 1 aliphatic heterocycles. The lowest BCUT2D eigenvalue weighted by atomic mass is 9.93. The van der Waals surface area contributed by atoms with E-state index in [-0.39, 0.29) is 6.04 Å². The molecule has 0 unspecified atom stereocenters. The van der Waals surface area contributed by atoms with Gasteiger partial charge in [0.2, 0.25) is 0 Å². The average Bonchev–Trinajstić information content (AvgIpc) is 3.32. The summed E-state index contributed by atoms with van der Waals surface area (Å²) >= 11 is 0. The van der Waals surface area contributed by atoms with E-state index in [1.165, 1.54) is 0 Å². The third kappa shape index (κ3) is 2.45. The second kappa shape index (κ2) is 5.98. The molecule has 2 atom stereocenters. The average molecular weight is 348 g/mol. The summed E-state index contributed by atoms with van der Waals surface area (Å²) < 4.78 is 0. The van der Waals surface area contributed by atoms with Crippen LogP contribution in [0, 0.1) is 5.92 Å². The zero-order valence-corrected chi connectivity index (χ0v) is 14.5. The predicted molar refractivity (Wildman–Crippen MR) is 101 cm³/mol. The van der Waals surface area contributed by atoms with Gasteiger partial charge in [0.15, 0.2) is 0 Å². The van der Waals surface area contributed by atoms with Gasteiger partial charge in [-0.2, -0.15) is 0 Å². The van der Waals surface area contributed by atoms with Crippen molar-refractivity contribution in [1.82, 2.24) is 29.9 Å². The van der Waals surface area contributed by atoms with Gasteiger partial charge in [-0.05, 0) is 24.5 Å². The lowest BCUT2D eigenvalue weighted by molar-refractivity contribution is 0.398. The van der Waals surface area contributed by atoms with E-state index in [9.17, 15) is 0 Å². The van der Waals surface area contributed by atoms with Crippen molar-refractivity contribution in [3.05, 3.63) is 37.2 Å². The maximum absolute atomic E-state index is 4.55. The van der Waals surface area contributed by atoms with Crippen LogP contribution in [-0.4, -0.2) is 49.0 Å². The fraction of sp³-hybridized carbons (Fsp3) is 0.333. The first kappa shape index (κ1) is 15.1. The first-order valence-corrected chi connectivity index (χ1v) is 8.87. The van der Waals surface area contributed by atoms with E-state index in [0.29, 0.717) is 5.92 Å². The quantitative estimate of drug-likeness (QED) is 0.526. The van der Waals surface area contributed by atoms with E-state index in [1.54, 1.807) is 12.7 Å². The molecule has 1 fully saturated rings. The molecule has 4 aromatic rings. The molecule has 0 bridgehead atoms. The molecule has 0 radical (unpaired) electrons. The number of aromatic nitrogens is 6. The van der Waals surface area contributed by atoms with Gasteiger partial charge in [0.05, 0.1) is 10.8 Å². The van der Waals surface area contributed by atoms with Crippen LogP contribution in [0.1, 0.15) is 13.3 Å². The van der Waals surface area contributed by atoms with Crippen LogP contribution in [0.25, 0.3) is 22.1 Å². The number of rotatable bonds is 3. The number of aromatic amines is 2. The van der Waals surface area contributed by atoms with Crippen molar-refractivity contribution in [3.8, 4) is 0 Å². The summed E-state index contributed by atoms with van der Waals surface area (Å²) in [4.78, 5) is 26.2. The second-order valence-electron chi connectivity index (χ2n) is 6.86. The first-order chi connectivity index (χ1) is 12.8. The smallest absolute Gasteiger partial charge is 0.142 e. The van der Waals surface area contributed by atoms with Crippen molar-refractivity contribution in [2.24, 2.45) is 5.92 Å². The molecule has 3 N–H and O–H groups in total. The van der Waals surface area contributed by atoms with Gasteiger partial charge >= 0.3 is 0 Å². The molecule has 0 aliphatic carbocycles. The van der Waals surface area contributed by atoms with Gasteiger partial charge < -0.3 is 20.2 Å². The van der Waals surface area contributed by atoms with Crippen LogP contribution in [0.15, 0.2) is 37.2 Å². The van der Waals surface area contributed by atoms with Crippen LogP contribution < -0.4 is 10.2 Å². The Kier molecular flexibility index (Phi) is 3.48. The van der Waals surface area contributed by atoms with Crippen LogP contribution in [0.4, 0.5) is 11.6 Å². The number of H-pyrrole nitrogens is 2. The van der Waals surface area contributed by atoms with E-state index in [1.807, 2.05) is 24.5 Å². The minimum atomic E-state index is 0.278. The summed E-state index contributed by atoms with van der Waals surface area (Å²) in [5.41, 5.74) is 1.73. The summed E-state index contributed by atoms with van der Waals surface area (Å²) in [6.07, 6.45) is 8.12. The summed E-state index contributed by atoms with van der Waals surface area (Å²) in [6, 6.07) is 4.33. The van der Waals surface area contributed by atoms with Crippen LogP contribution in [-0.2, 0) is 0 Å². The molecule has 0 saturated carbocycles. The lowest BCUT2D eigenvalue weighted by Gasteiger charge is -2.38. The number of nitrogens with zero attached hydrogens (tertiary/aromatic N) is 5. The standard InChI is InChI=1S/C18H20N8/c1-11-4-7-26(18-13-3-6-20-16(13)22-10-24-18)8-14(11)25-17-12-2-5-19-15(12)21-9-23-17/h2-3,5-6,9-11,14H,4,7-8H2,1H3,(H,20,22,24)(H2,19,21,23,25)/t11-,14+/m1/s1. The van der Waals surface area contributed by atoms with E-state index >= 15 is 0 Å². The summed E-state index contributed by atoms with van der Waals surface area (Å²) in [6.45, 7) is 4.14. The topological polar surface area (TPSA) is 98.4 Å². The first-order valence-electron chi connectivity index (χ1n) is 8.87. The van der Waals surface area contributed by atoms with E-state index in [4.69, 9.17) is 0 Å². The third-order valence-electron chi connectivity index (χ3n) is 5.27. The lowest BCUT2D eigenvalue weighted by Crippen LogP contribution is -2.47. The predicted octanol–water partition coefficient (Wildman–Crippen LogP) is 2.56. The fourth-order valence-electron chi connectivity index (χ4n) is 3.72. The molecule has 0 aromatic carbocycles. The fourth-order valence-corrected chi connectivity index (χ4v) is 3.72. The highest BCUT2D eigenvalue weighted by Crippen LogP contribution is 2.29. The Morgan fingerprint density at radius 3 is 2.58 bits per heavy atom. The molecule has 4 aromatic heterocycles. The van der Waals surface area contributed by atoms with Gasteiger partial charge in [-0.15, -0.1) is 0 Å². The van der Waals surface area contributed by atoms with Crippen LogP contribution >= 0.6 is 0 Å². The molecule has 1 saturated heterocycles. The molecule has 26 heavy (non-hydrogen) atoms. The van der Waals surface area contributed by atoms with Crippen molar-refractivity contribution >= 4 is 33.7 Å². The van der Waals surface area contributed by atoms with Crippen molar-refractivity contribution in [3.63, 3.8) is 0 Å². The largest absolute Gasteiger partial charge is 0.365 e. The Bertz CT molecular complexity index is 1050. The van der Waals surface area contributed by atoms with Gasteiger partial charge in [0, 0.05) is 31.5 Å². The zero-order valence-electron chi connectivity index (χ0n) is 14.5. The minimum absolute atomic E-state index is 0.278. The molecule has 8 heteroatoms. The molecule has 0 amide bonds. The van der Waals surface area contributed by atoms with Crippen molar-refractivity contribution < 1.29 is 0 Å². The van der Waals surface area contributed by atoms with Gasteiger partial charge in [-0.1, -0.05) is 6.92 Å². The Morgan fingerprint density at radius 1 is 1.00 bits per heavy atom. The van der Waals surface area contributed by atoms with E-state index in [2.05, 4.69) is 47.0 Å². The van der Waals surface area contributed by atoms with Gasteiger partial charge in [0.25, 0.3) is 0 Å². The number of piperidine rings is 1. The number of fused-ring (bicyclic) bond motifs is 2. The Morgan fingerprint density at radius 2 is 1.73 bits per heavy atom. The third-order valence-corrected chi connectivity index (χ3v) is 5.27. The summed E-state index contributed by atoms with van der Waals surface area (Å²) in [7, 11) is 0. The molecule has 8 nitrogen and oxygen atoms in total. The number of nitrogens with one attached hydrogen (secondary N) is 3. The number of hydrogen-bond donors (Lipinski definition) is 3. The van der Waals surface area contributed by atoms with Gasteiger partial charge in [0.1, 0.15) is 35.6 Å². The van der Waals surface area contributed by atoms with Crippen LogP contribution in [0.2, 0.25) is 0 Å². The van der Waals surface area contributed by atoms with Crippen LogP contribution in [0.5, 0.6) is 0 Å². The summed E-state index contributed by atoms with van der Waals surface area (Å²) in [5, 5.41) is 5.72. The highest BCUT2D eigenvalue weighted by atomic mass is 15.2. The van der Waals surface area contributed by atoms with Crippen molar-refractivity contribution in [1.29, 1.82) is 0 Å². The summed E-state index contributed by atoms with van der Waals surface area (Å²) in [5.74, 6) is 2.41. The number of hydrogen-bond acceptors (Lipinski definition) is 6.